The van der Waals surface area contributed by atoms with Crippen LogP contribution in [0.3, 0.4) is 0 Å². The quantitative estimate of drug-likeness (QED) is 0.474. The van der Waals surface area contributed by atoms with Gasteiger partial charge in [-0.2, -0.15) is 8.42 Å². The lowest BCUT2D eigenvalue weighted by atomic mass is 10.8. The average molecular weight is 203 g/mol. The van der Waals surface area contributed by atoms with Crippen LogP contribution in [0, 0.1) is 0 Å². The molecule has 7 nitrogen and oxygen atoms in total. The fourth-order valence-electron chi connectivity index (χ4n) is 0.313. The van der Waals surface area contributed by atoms with Gasteiger partial charge in [-0.3, -0.25) is 0 Å². The van der Waals surface area contributed by atoms with Crippen molar-refractivity contribution in [3.05, 3.63) is 0 Å². The highest BCUT2D eigenvalue weighted by molar-refractivity contribution is 7.81. The fourth-order valence-corrected chi connectivity index (χ4v) is 0.938. The summed E-state index contributed by atoms with van der Waals surface area (Å²) in [7, 11) is -4.03. The van der Waals surface area contributed by atoms with Crippen LogP contribution in [-0.2, 0) is 18.8 Å². The normalized spacial score (nSPS) is 10.8. The van der Waals surface area contributed by atoms with Gasteiger partial charge in [0.1, 0.15) is 0 Å². The minimum atomic E-state index is -4.03. The molecule has 0 saturated heterocycles. The standard InChI is InChI=1S/C4H10O6S.H3N/c5-1-3-9-11(7,8)10-4-2-6;/h5-6H,1-4H2;1H3. The minimum absolute atomic E-state index is 0. The fraction of sp³-hybridized carbons (Fsp3) is 1.00. The van der Waals surface area contributed by atoms with Crippen LogP contribution >= 0.6 is 0 Å². The Morgan fingerprint density at radius 2 is 1.33 bits per heavy atom. The van der Waals surface area contributed by atoms with E-state index in [9.17, 15) is 8.42 Å². The second-order valence-electron chi connectivity index (χ2n) is 1.50. The third-order valence-electron chi connectivity index (χ3n) is 0.638. The second kappa shape index (κ2) is 7.40. The van der Waals surface area contributed by atoms with Crippen molar-refractivity contribution >= 4 is 10.4 Å². The van der Waals surface area contributed by atoms with Gasteiger partial charge in [-0.1, -0.05) is 0 Å². The van der Waals surface area contributed by atoms with Crippen LogP contribution < -0.4 is 6.15 Å². The molecule has 12 heavy (non-hydrogen) atoms. The van der Waals surface area contributed by atoms with Crippen molar-refractivity contribution in [2.45, 2.75) is 0 Å². The Bertz CT molecular complexity index is 164. The first-order chi connectivity index (χ1) is 5.12. The SMILES string of the molecule is N.O=S(=O)(OCCO)OCCO. The van der Waals surface area contributed by atoms with E-state index in [1.807, 2.05) is 0 Å². The number of aliphatic hydroxyl groups is 2. The molecule has 0 aromatic rings. The van der Waals surface area contributed by atoms with Crippen molar-refractivity contribution in [3.63, 3.8) is 0 Å². The van der Waals surface area contributed by atoms with Gasteiger partial charge >= 0.3 is 10.4 Å². The molecule has 0 heterocycles. The van der Waals surface area contributed by atoms with Crippen molar-refractivity contribution < 1.29 is 27.0 Å². The lowest BCUT2D eigenvalue weighted by Crippen LogP contribution is -2.14. The summed E-state index contributed by atoms with van der Waals surface area (Å²) in [5.41, 5.74) is 0. The highest BCUT2D eigenvalue weighted by Crippen LogP contribution is 1.93. The van der Waals surface area contributed by atoms with Crippen LogP contribution in [0.2, 0.25) is 0 Å². The Balaban J connectivity index is 0. The first-order valence-electron chi connectivity index (χ1n) is 2.88. The zero-order chi connectivity index (χ0) is 8.74. The van der Waals surface area contributed by atoms with Crippen LogP contribution in [0.15, 0.2) is 0 Å². The van der Waals surface area contributed by atoms with Crippen molar-refractivity contribution in [1.82, 2.24) is 6.15 Å². The minimum Gasteiger partial charge on any atom is -0.394 e. The number of aliphatic hydroxyl groups excluding tert-OH is 2. The molecule has 0 aromatic carbocycles. The molecule has 0 aliphatic rings. The zero-order valence-corrected chi connectivity index (χ0v) is 7.29. The van der Waals surface area contributed by atoms with Gasteiger partial charge in [0, 0.05) is 0 Å². The Hall–Kier alpha value is -0.250. The van der Waals surface area contributed by atoms with Gasteiger partial charge in [-0.15, -0.1) is 0 Å². The van der Waals surface area contributed by atoms with Gasteiger partial charge < -0.3 is 16.4 Å². The molecule has 0 atom stereocenters. The summed E-state index contributed by atoms with van der Waals surface area (Å²) in [5.74, 6) is 0. The summed E-state index contributed by atoms with van der Waals surface area (Å²) < 4.78 is 29.1. The number of hydrogen-bond donors (Lipinski definition) is 3. The Kier molecular flexibility index (Phi) is 8.81. The zero-order valence-electron chi connectivity index (χ0n) is 6.47. The predicted molar refractivity (Wildman–Crippen MR) is 40.0 cm³/mol. The van der Waals surface area contributed by atoms with Gasteiger partial charge in [0.2, 0.25) is 0 Å². The average Bonchev–Trinajstić information content (AvgIpc) is 1.97. The number of rotatable bonds is 6. The molecule has 0 aliphatic carbocycles. The predicted octanol–water partition coefficient (Wildman–Crippen LogP) is -1.59. The van der Waals surface area contributed by atoms with Gasteiger partial charge in [0.05, 0.1) is 26.4 Å². The lowest BCUT2D eigenvalue weighted by molar-refractivity contribution is 0.148. The molecule has 0 fully saturated rings. The van der Waals surface area contributed by atoms with Crippen LogP contribution in [0.25, 0.3) is 0 Å². The molecule has 0 aromatic heterocycles. The maximum absolute atomic E-state index is 10.5. The Morgan fingerprint density at radius 1 is 1.00 bits per heavy atom. The largest absolute Gasteiger partial charge is 0.400 e. The van der Waals surface area contributed by atoms with Crippen LogP contribution in [0.4, 0.5) is 0 Å². The third kappa shape index (κ3) is 7.85. The van der Waals surface area contributed by atoms with Crippen molar-refractivity contribution in [2.24, 2.45) is 0 Å². The third-order valence-corrected chi connectivity index (χ3v) is 1.55. The highest BCUT2D eigenvalue weighted by Gasteiger charge is 2.09. The van der Waals surface area contributed by atoms with E-state index in [2.05, 4.69) is 8.37 Å². The smallest absolute Gasteiger partial charge is 0.394 e. The van der Waals surface area contributed by atoms with E-state index in [1.165, 1.54) is 0 Å². The van der Waals surface area contributed by atoms with Gasteiger partial charge in [-0.05, 0) is 0 Å². The van der Waals surface area contributed by atoms with Crippen molar-refractivity contribution in [1.29, 1.82) is 0 Å². The molecule has 0 amide bonds. The van der Waals surface area contributed by atoms with Crippen molar-refractivity contribution in [3.8, 4) is 0 Å². The maximum Gasteiger partial charge on any atom is 0.400 e. The van der Waals surface area contributed by atoms with Gasteiger partial charge in [0.15, 0.2) is 0 Å². The molecular weight excluding hydrogens is 190 g/mol. The van der Waals surface area contributed by atoms with Gasteiger partial charge in [-0.25, -0.2) is 8.37 Å². The Labute approximate surface area is 70.8 Å². The first kappa shape index (κ1) is 14.3. The van der Waals surface area contributed by atoms with Crippen LogP contribution in [-0.4, -0.2) is 45.1 Å². The second-order valence-corrected chi connectivity index (χ2v) is 2.79. The molecule has 76 valence electrons. The van der Waals surface area contributed by atoms with E-state index in [4.69, 9.17) is 10.2 Å². The van der Waals surface area contributed by atoms with E-state index in [0.717, 1.165) is 0 Å². The van der Waals surface area contributed by atoms with E-state index in [0.29, 0.717) is 0 Å². The molecule has 0 bridgehead atoms. The molecule has 5 N–H and O–H groups in total. The summed E-state index contributed by atoms with van der Waals surface area (Å²) in [6, 6.07) is 0. The molecule has 0 unspecified atom stereocenters. The summed E-state index contributed by atoms with van der Waals surface area (Å²) in [5, 5.41) is 16.3. The number of hydrogen-bond acceptors (Lipinski definition) is 7. The van der Waals surface area contributed by atoms with E-state index >= 15 is 0 Å². The van der Waals surface area contributed by atoms with Crippen LogP contribution in [0.1, 0.15) is 0 Å². The van der Waals surface area contributed by atoms with E-state index in [-0.39, 0.29) is 19.4 Å². The molecule has 0 rings (SSSR count). The molecule has 0 saturated carbocycles. The van der Waals surface area contributed by atoms with Gasteiger partial charge in [0.25, 0.3) is 0 Å². The summed E-state index contributed by atoms with van der Waals surface area (Å²) >= 11 is 0. The summed E-state index contributed by atoms with van der Waals surface area (Å²) in [6.45, 7) is -1.48. The Morgan fingerprint density at radius 3 is 1.58 bits per heavy atom. The molecular formula is C4H13NO6S. The van der Waals surface area contributed by atoms with E-state index in [1.54, 1.807) is 0 Å². The topological polar surface area (TPSA) is 128 Å². The van der Waals surface area contributed by atoms with E-state index < -0.39 is 23.6 Å². The van der Waals surface area contributed by atoms with Crippen LogP contribution in [0.5, 0.6) is 0 Å². The summed E-state index contributed by atoms with van der Waals surface area (Å²) in [6.07, 6.45) is 0. The van der Waals surface area contributed by atoms with Crippen molar-refractivity contribution in [2.75, 3.05) is 26.4 Å². The molecule has 0 spiro atoms. The maximum atomic E-state index is 10.5. The first-order valence-corrected chi connectivity index (χ1v) is 4.21. The molecule has 0 radical (unpaired) electrons. The molecule has 0 aliphatic heterocycles. The molecule has 8 heteroatoms. The highest BCUT2D eigenvalue weighted by atomic mass is 32.3. The monoisotopic (exact) mass is 203 g/mol. The summed E-state index contributed by atoms with van der Waals surface area (Å²) in [4.78, 5) is 0. The lowest BCUT2D eigenvalue weighted by Gasteiger charge is -2.01.